The second-order valence-corrected chi connectivity index (χ2v) is 10.7. The molecule has 8 nitrogen and oxygen atoms in total. The van der Waals surface area contributed by atoms with E-state index >= 15 is 0 Å². The van der Waals surface area contributed by atoms with Gasteiger partial charge in [-0.05, 0) is 73.7 Å². The monoisotopic (exact) mass is 499 g/mol. The highest BCUT2D eigenvalue weighted by molar-refractivity contribution is 5.80. The molecule has 0 aliphatic carbocycles. The fraction of sp³-hybridized carbons (Fsp3) is 0.379. The van der Waals surface area contributed by atoms with E-state index in [0.29, 0.717) is 13.1 Å². The van der Waals surface area contributed by atoms with Crippen molar-refractivity contribution in [2.45, 2.75) is 58.7 Å². The van der Waals surface area contributed by atoms with Gasteiger partial charge in [-0.25, -0.2) is 4.68 Å². The van der Waals surface area contributed by atoms with E-state index in [2.05, 4.69) is 59.2 Å². The Morgan fingerprint density at radius 1 is 1.19 bits per heavy atom. The summed E-state index contributed by atoms with van der Waals surface area (Å²) in [4.78, 5) is 18.9. The Hall–Kier alpha value is -3.78. The molecule has 2 aromatic heterocycles. The van der Waals surface area contributed by atoms with Crippen LogP contribution in [0.1, 0.15) is 59.7 Å². The number of hydrogen-bond donors (Lipinski definition) is 1. The van der Waals surface area contributed by atoms with Gasteiger partial charge in [0, 0.05) is 38.8 Å². The fourth-order valence-electron chi connectivity index (χ4n) is 5.41. The summed E-state index contributed by atoms with van der Waals surface area (Å²) in [5, 5.41) is 18.3. The molecular weight excluding hydrogens is 466 g/mol. The van der Waals surface area contributed by atoms with Crippen LogP contribution in [0.25, 0.3) is 11.0 Å². The van der Waals surface area contributed by atoms with Gasteiger partial charge < -0.3 is 9.84 Å². The van der Waals surface area contributed by atoms with Crippen LogP contribution in [-0.2, 0) is 24.9 Å². The average molecular weight is 500 g/mol. The Balaban J connectivity index is 1.51. The maximum absolute atomic E-state index is 12.0. The van der Waals surface area contributed by atoms with Gasteiger partial charge in [0.1, 0.15) is 16.9 Å². The number of fused-ring (bicyclic) bond motifs is 2. The molecule has 3 heterocycles. The summed E-state index contributed by atoms with van der Waals surface area (Å²) in [5.41, 5.74) is 7.55. The maximum atomic E-state index is 12.0. The van der Waals surface area contributed by atoms with E-state index in [-0.39, 0.29) is 17.9 Å². The van der Waals surface area contributed by atoms with E-state index in [1.54, 1.807) is 10.9 Å². The van der Waals surface area contributed by atoms with Crippen LogP contribution in [0.4, 0.5) is 0 Å². The number of pyridine rings is 1. The number of aliphatic carboxylic acids is 1. The number of hydrogen-bond acceptors (Lipinski definition) is 6. The molecule has 1 N–H and O–H groups in total. The van der Waals surface area contributed by atoms with E-state index in [1.807, 2.05) is 38.2 Å². The van der Waals surface area contributed by atoms with Crippen molar-refractivity contribution in [1.29, 1.82) is 0 Å². The summed E-state index contributed by atoms with van der Waals surface area (Å²) in [7, 11) is 1.86. The first-order valence-corrected chi connectivity index (χ1v) is 12.6. The largest absolute Gasteiger partial charge is 0.485 e. The highest BCUT2D eigenvalue weighted by Gasteiger charge is 2.30. The van der Waals surface area contributed by atoms with Crippen molar-refractivity contribution < 1.29 is 14.6 Å². The molecule has 1 unspecified atom stereocenters. The van der Waals surface area contributed by atoms with Gasteiger partial charge in [-0.1, -0.05) is 29.5 Å². The van der Waals surface area contributed by atoms with Gasteiger partial charge in [0.15, 0.2) is 0 Å². The molecule has 0 amide bonds. The minimum atomic E-state index is -0.833. The summed E-state index contributed by atoms with van der Waals surface area (Å²) >= 11 is 0. The summed E-state index contributed by atoms with van der Waals surface area (Å²) in [6.07, 6.45) is 1.80. The quantitative estimate of drug-likeness (QED) is 0.409. The van der Waals surface area contributed by atoms with Crippen LogP contribution in [0.2, 0.25) is 0 Å². The number of carbonyl (C=O) groups is 1. The molecule has 0 radical (unpaired) electrons. The Morgan fingerprint density at radius 2 is 2.00 bits per heavy atom. The molecule has 0 spiro atoms. The van der Waals surface area contributed by atoms with Crippen LogP contribution in [0.15, 0.2) is 48.7 Å². The lowest BCUT2D eigenvalue weighted by Gasteiger charge is -2.30. The first-order chi connectivity index (χ1) is 17.6. The van der Waals surface area contributed by atoms with Gasteiger partial charge in [-0.3, -0.25) is 14.7 Å². The average Bonchev–Trinajstić information content (AvgIpc) is 3.15. The lowest BCUT2D eigenvalue weighted by Crippen LogP contribution is -2.40. The Kier molecular flexibility index (Phi) is 6.45. The number of aryl methyl sites for hydroxylation is 3. The fourth-order valence-corrected chi connectivity index (χ4v) is 5.41. The van der Waals surface area contributed by atoms with Crippen molar-refractivity contribution >= 4 is 17.0 Å². The molecule has 0 saturated heterocycles. The Morgan fingerprint density at radius 3 is 2.78 bits per heavy atom. The molecule has 2 aromatic carbocycles. The zero-order valence-corrected chi connectivity index (χ0v) is 22.0. The lowest BCUT2D eigenvalue weighted by atomic mass is 9.84. The molecule has 4 aromatic rings. The van der Waals surface area contributed by atoms with Gasteiger partial charge in [0.25, 0.3) is 0 Å². The minimum Gasteiger partial charge on any atom is -0.485 e. The van der Waals surface area contributed by atoms with Crippen molar-refractivity contribution in [3.63, 3.8) is 0 Å². The van der Waals surface area contributed by atoms with Gasteiger partial charge >= 0.3 is 5.97 Å². The van der Waals surface area contributed by atoms with Crippen molar-refractivity contribution in [2.75, 3.05) is 6.54 Å². The first-order valence-electron chi connectivity index (χ1n) is 12.6. The second-order valence-electron chi connectivity index (χ2n) is 10.7. The van der Waals surface area contributed by atoms with E-state index < -0.39 is 5.97 Å². The van der Waals surface area contributed by atoms with E-state index in [1.165, 1.54) is 11.1 Å². The summed E-state index contributed by atoms with van der Waals surface area (Å²) in [6.45, 7) is 10.4. The predicted molar refractivity (Wildman–Crippen MR) is 142 cm³/mol. The summed E-state index contributed by atoms with van der Waals surface area (Å²) in [5.74, 6) is -0.300. The maximum Gasteiger partial charge on any atom is 0.304 e. The Labute approximate surface area is 216 Å². The standard InChI is InChI=1S/C29H33N5O3/c1-18-8-9-20(23(14-27(35)36)22-10-11-25-28(19(22)2)31-32-33(25)5)13-21(18)15-34-16-24-26(7-6-12-30-24)37-29(3,4)17-34/h6-13,23H,14-17H2,1-5H3,(H,35,36). The number of rotatable bonds is 6. The molecule has 0 saturated carbocycles. The Bertz CT molecular complexity index is 1480. The molecule has 1 atom stereocenters. The SMILES string of the molecule is Cc1ccc(C(CC(=O)O)c2ccc3c(nnn3C)c2C)cc1CN1Cc2ncccc2OC(C)(C)C1. The topological polar surface area (TPSA) is 93.4 Å². The van der Waals surface area contributed by atoms with Crippen LogP contribution >= 0.6 is 0 Å². The van der Waals surface area contributed by atoms with Gasteiger partial charge in [0.2, 0.25) is 0 Å². The highest BCUT2D eigenvalue weighted by atomic mass is 16.5. The summed E-state index contributed by atoms with van der Waals surface area (Å²) in [6, 6.07) is 14.2. The van der Waals surface area contributed by atoms with Crippen molar-refractivity contribution in [2.24, 2.45) is 7.05 Å². The molecule has 37 heavy (non-hydrogen) atoms. The number of ether oxygens (including phenoxy) is 1. The molecular formula is C29H33N5O3. The smallest absolute Gasteiger partial charge is 0.304 e. The van der Waals surface area contributed by atoms with Crippen LogP contribution < -0.4 is 4.74 Å². The van der Waals surface area contributed by atoms with Crippen LogP contribution in [0, 0.1) is 13.8 Å². The molecule has 192 valence electrons. The molecule has 0 fully saturated rings. The molecule has 0 bridgehead atoms. The number of nitrogens with zero attached hydrogens (tertiary/aromatic N) is 5. The molecule has 1 aliphatic rings. The van der Waals surface area contributed by atoms with E-state index in [9.17, 15) is 9.90 Å². The number of carboxylic acid groups (broad SMARTS) is 1. The molecule has 5 rings (SSSR count). The van der Waals surface area contributed by atoms with Crippen molar-refractivity contribution in [1.82, 2.24) is 24.9 Å². The van der Waals surface area contributed by atoms with Crippen LogP contribution in [0.3, 0.4) is 0 Å². The molecule has 1 aliphatic heterocycles. The third kappa shape index (κ3) is 5.06. The van der Waals surface area contributed by atoms with E-state index in [4.69, 9.17) is 4.74 Å². The summed E-state index contributed by atoms with van der Waals surface area (Å²) < 4.78 is 8.01. The zero-order valence-electron chi connectivity index (χ0n) is 22.0. The normalized spacial score (nSPS) is 16.1. The van der Waals surface area contributed by atoms with Crippen molar-refractivity contribution in [3.8, 4) is 5.75 Å². The number of benzene rings is 2. The lowest BCUT2D eigenvalue weighted by molar-refractivity contribution is -0.137. The second kappa shape index (κ2) is 9.59. The van der Waals surface area contributed by atoms with Crippen molar-refractivity contribution in [3.05, 3.63) is 82.2 Å². The van der Waals surface area contributed by atoms with Crippen LogP contribution in [0.5, 0.6) is 5.75 Å². The molecule has 8 heteroatoms. The third-order valence-corrected chi connectivity index (χ3v) is 7.22. The highest BCUT2D eigenvalue weighted by Crippen LogP contribution is 2.35. The predicted octanol–water partition coefficient (Wildman–Crippen LogP) is 4.76. The first kappa shape index (κ1) is 24.9. The van der Waals surface area contributed by atoms with E-state index in [0.717, 1.165) is 45.7 Å². The van der Waals surface area contributed by atoms with Gasteiger partial charge in [-0.15, -0.1) is 5.10 Å². The van der Waals surface area contributed by atoms with Crippen LogP contribution in [-0.4, -0.2) is 48.1 Å². The van der Waals surface area contributed by atoms with Gasteiger partial charge in [0.05, 0.1) is 17.6 Å². The number of carboxylic acids is 1. The number of aromatic nitrogens is 4. The minimum absolute atomic E-state index is 0.00299. The zero-order chi connectivity index (χ0) is 26.3. The third-order valence-electron chi connectivity index (χ3n) is 7.22. The van der Waals surface area contributed by atoms with Gasteiger partial charge in [-0.2, -0.15) is 0 Å².